The highest BCUT2D eigenvalue weighted by Crippen LogP contribution is 2.31. The van der Waals surface area contributed by atoms with Crippen molar-refractivity contribution in [2.75, 3.05) is 0 Å². The first-order valence-corrected chi connectivity index (χ1v) is 11.6. The van der Waals surface area contributed by atoms with Crippen molar-refractivity contribution in [3.05, 3.63) is 47.5 Å². The molecule has 1 fully saturated rings. The molecule has 28 heavy (non-hydrogen) atoms. The monoisotopic (exact) mass is 374 g/mol. The van der Waals surface area contributed by atoms with Gasteiger partial charge in [0.25, 0.3) is 0 Å². The molecule has 1 aromatic rings. The Balaban J connectivity index is 1.68. The summed E-state index contributed by atoms with van der Waals surface area (Å²) in [6.45, 7) is 4.53. The van der Waals surface area contributed by atoms with Crippen LogP contribution in [0, 0.1) is 35.5 Å². The summed E-state index contributed by atoms with van der Waals surface area (Å²) in [4.78, 5) is 0. The first-order valence-electron chi connectivity index (χ1n) is 11.6. The fourth-order valence-corrected chi connectivity index (χ4v) is 3.99. The highest BCUT2D eigenvalue weighted by atomic mass is 14.2. The molecule has 0 bridgehead atoms. The zero-order chi connectivity index (χ0) is 19.9. The van der Waals surface area contributed by atoms with Crippen LogP contribution in [-0.2, 0) is 6.42 Å². The van der Waals surface area contributed by atoms with Gasteiger partial charge in [-0.15, -0.1) is 0 Å². The molecule has 0 radical (unpaired) electrons. The summed E-state index contributed by atoms with van der Waals surface area (Å²) in [5, 5.41) is 0. The summed E-state index contributed by atoms with van der Waals surface area (Å²) in [5.74, 6) is 14.5. The van der Waals surface area contributed by atoms with Gasteiger partial charge in [-0.2, -0.15) is 0 Å². The van der Waals surface area contributed by atoms with Crippen LogP contribution in [0.3, 0.4) is 0 Å². The summed E-state index contributed by atoms with van der Waals surface area (Å²) >= 11 is 0. The third-order valence-electron chi connectivity index (χ3n) is 5.84. The van der Waals surface area contributed by atoms with E-state index in [4.69, 9.17) is 0 Å². The lowest BCUT2D eigenvalue weighted by Crippen LogP contribution is -2.13. The number of hydrogen-bond acceptors (Lipinski definition) is 0. The smallest absolute Gasteiger partial charge is 0.0249 e. The molecule has 0 N–H and O–H groups in total. The summed E-state index contributed by atoms with van der Waals surface area (Å²) in [5.41, 5.74) is 2.50. The fraction of sp³-hybridized carbons (Fsp3) is 0.571. The van der Waals surface area contributed by atoms with Crippen molar-refractivity contribution in [3.63, 3.8) is 0 Å². The predicted octanol–water partition coefficient (Wildman–Crippen LogP) is 7.72. The van der Waals surface area contributed by atoms with E-state index in [1.165, 1.54) is 82.6 Å². The average molecular weight is 375 g/mol. The number of allylic oxidation sites excluding steroid dienone is 2. The molecule has 1 aliphatic rings. The molecule has 0 atom stereocenters. The quantitative estimate of drug-likeness (QED) is 0.323. The number of rotatable bonds is 8. The molecule has 0 unspecified atom stereocenters. The van der Waals surface area contributed by atoms with Gasteiger partial charge in [0.05, 0.1) is 0 Å². The lowest BCUT2D eigenvalue weighted by Gasteiger charge is -2.25. The molecule has 0 heterocycles. The summed E-state index contributed by atoms with van der Waals surface area (Å²) < 4.78 is 0. The number of benzene rings is 1. The van der Waals surface area contributed by atoms with Crippen molar-refractivity contribution < 1.29 is 0 Å². The maximum absolute atomic E-state index is 3.44. The van der Waals surface area contributed by atoms with Crippen LogP contribution in [0.1, 0.15) is 95.6 Å². The Kier molecular flexibility index (Phi) is 11.3. The Bertz CT molecular complexity index is 676. The molecule has 150 valence electrons. The van der Waals surface area contributed by atoms with Crippen LogP contribution in [0.15, 0.2) is 36.4 Å². The third kappa shape index (κ3) is 9.33. The highest BCUT2D eigenvalue weighted by molar-refractivity contribution is 5.39. The Morgan fingerprint density at radius 2 is 1.50 bits per heavy atom. The van der Waals surface area contributed by atoms with Crippen LogP contribution in [0.5, 0.6) is 0 Å². The largest absolute Gasteiger partial charge is 0.0951 e. The van der Waals surface area contributed by atoms with Crippen LogP contribution in [0.2, 0.25) is 0 Å². The number of hydrogen-bond donors (Lipinski definition) is 0. The molecule has 0 spiro atoms. The van der Waals surface area contributed by atoms with Gasteiger partial charge in [0.2, 0.25) is 0 Å². The SMILES string of the molecule is CCCCCc1ccc(C#CC=CC#CC2CCC(CCCCC)CC2)cc1. The summed E-state index contributed by atoms with van der Waals surface area (Å²) in [6, 6.07) is 8.68. The molecule has 0 aliphatic heterocycles. The molecular formula is C28H38. The lowest BCUT2D eigenvalue weighted by molar-refractivity contribution is 0.294. The maximum Gasteiger partial charge on any atom is 0.0249 e. The van der Waals surface area contributed by atoms with Crippen molar-refractivity contribution in [3.8, 4) is 23.7 Å². The molecular weight excluding hydrogens is 336 g/mol. The third-order valence-corrected chi connectivity index (χ3v) is 5.84. The van der Waals surface area contributed by atoms with Gasteiger partial charge in [-0.1, -0.05) is 88.2 Å². The van der Waals surface area contributed by atoms with Crippen molar-refractivity contribution in [1.82, 2.24) is 0 Å². The lowest BCUT2D eigenvalue weighted by atomic mass is 9.80. The Morgan fingerprint density at radius 3 is 2.21 bits per heavy atom. The molecule has 0 saturated heterocycles. The van der Waals surface area contributed by atoms with E-state index in [0.717, 1.165) is 11.5 Å². The second-order valence-corrected chi connectivity index (χ2v) is 8.26. The normalized spacial score (nSPS) is 18.9. The van der Waals surface area contributed by atoms with Gasteiger partial charge in [0.1, 0.15) is 0 Å². The molecule has 1 aliphatic carbocycles. The predicted molar refractivity (Wildman–Crippen MR) is 123 cm³/mol. The molecule has 1 saturated carbocycles. The van der Waals surface area contributed by atoms with E-state index in [1.807, 2.05) is 12.2 Å². The zero-order valence-corrected chi connectivity index (χ0v) is 18.1. The highest BCUT2D eigenvalue weighted by Gasteiger charge is 2.19. The minimum absolute atomic E-state index is 0.597. The van der Waals surface area contributed by atoms with Crippen LogP contribution in [-0.4, -0.2) is 0 Å². The summed E-state index contributed by atoms with van der Waals surface area (Å²) in [6.07, 6.45) is 19.8. The Hall–Kier alpha value is -1.92. The van der Waals surface area contributed by atoms with Crippen LogP contribution >= 0.6 is 0 Å². The van der Waals surface area contributed by atoms with Gasteiger partial charge in [-0.25, -0.2) is 0 Å². The van der Waals surface area contributed by atoms with Gasteiger partial charge in [0.15, 0.2) is 0 Å². The van der Waals surface area contributed by atoms with Crippen LogP contribution < -0.4 is 0 Å². The van der Waals surface area contributed by atoms with E-state index < -0.39 is 0 Å². The molecule has 2 rings (SSSR count). The Morgan fingerprint density at radius 1 is 0.821 bits per heavy atom. The van der Waals surface area contributed by atoms with Crippen molar-refractivity contribution in [2.45, 2.75) is 90.9 Å². The van der Waals surface area contributed by atoms with Gasteiger partial charge < -0.3 is 0 Å². The fourth-order valence-electron chi connectivity index (χ4n) is 3.99. The minimum Gasteiger partial charge on any atom is -0.0951 e. The van der Waals surface area contributed by atoms with Crippen molar-refractivity contribution in [1.29, 1.82) is 0 Å². The van der Waals surface area contributed by atoms with E-state index in [-0.39, 0.29) is 0 Å². The second kappa shape index (κ2) is 14.1. The number of aryl methyl sites for hydroxylation is 1. The van der Waals surface area contributed by atoms with Crippen molar-refractivity contribution in [2.24, 2.45) is 11.8 Å². The average Bonchev–Trinajstić information content (AvgIpc) is 2.73. The van der Waals surface area contributed by atoms with Gasteiger partial charge in [0, 0.05) is 11.5 Å². The number of unbranched alkanes of at least 4 members (excludes halogenated alkanes) is 4. The van der Waals surface area contributed by atoms with Crippen molar-refractivity contribution >= 4 is 0 Å². The molecule has 1 aromatic carbocycles. The van der Waals surface area contributed by atoms with Crippen LogP contribution in [0.25, 0.3) is 0 Å². The Labute approximate surface area is 174 Å². The van der Waals surface area contributed by atoms with Gasteiger partial charge >= 0.3 is 0 Å². The standard InChI is InChI=1S/C28H38/c1-3-5-9-13-25-17-21-27(22-18-25)15-11-7-8-12-16-28-23-19-26(20-24-28)14-10-6-4-2/h7-8,17-18,21-22,26,28H,3-6,9-10,13-14,19-20,23-24H2,1-2H3. The molecule has 0 aromatic heterocycles. The summed E-state index contributed by atoms with van der Waals surface area (Å²) in [7, 11) is 0. The molecule has 0 amide bonds. The molecule has 0 nitrogen and oxygen atoms in total. The minimum atomic E-state index is 0.597. The van der Waals surface area contributed by atoms with Gasteiger partial charge in [-0.3, -0.25) is 0 Å². The topological polar surface area (TPSA) is 0 Å². The van der Waals surface area contributed by atoms with E-state index in [1.54, 1.807) is 0 Å². The molecule has 0 heteroatoms. The second-order valence-electron chi connectivity index (χ2n) is 8.26. The zero-order valence-electron chi connectivity index (χ0n) is 18.1. The van der Waals surface area contributed by atoms with Gasteiger partial charge in [-0.05, 0) is 74.3 Å². The van der Waals surface area contributed by atoms with Crippen LogP contribution in [0.4, 0.5) is 0 Å². The van der Waals surface area contributed by atoms with E-state index >= 15 is 0 Å². The first kappa shape index (κ1) is 22.4. The van der Waals surface area contributed by atoms with E-state index in [2.05, 4.69) is 61.8 Å². The maximum atomic E-state index is 3.44. The first-order chi connectivity index (χ1) is 13.8. The van der Waals surface area contributed by atoms with E-state index in [9.17, 15) is 0 Å². The van der Waals surface area contributed by atoms with E-state index in [0.29, 0.717) is 5.92 Å².